The highest BCUT2D eigenvalue weighted by molar-refractivity contribution is 6.56. The van der Waals surface area contributed by atoms with E-state index in [0.29, 0.717) is 22.2 Å². The maximum absolute atomic E-state index is 13.0. The Labute approximate surface area is 250 Å². The number of hydrogen-bond acceptors (Lipinski definition) is 7. The largest absolute Gasteiger partial charge is 0.492 e. The van der Waals surface area contributed by atoms with Crippen LogP contribution in [0.3, 0.4) is 0 Å². The van der Waals surface area contributed by atoms with Crippen molar-refractivity contribution in [3.05, 3.63) is 94.6 Å². The molecule has 3 aromatic carbocycles. The number of esters is 1. The van der Waals surface area contributed by atoms with Crippen LogP contribution in [0.15, 0.2) is 72.2 Å². The van der Waals surface area contributed by atoms with Crippen molar-refractivity contribution in [2.45, 2.75) is 44.8 Å². The standard InChI is InChI=1S/C33H34BN3O6/c1-32(2)33(3,4)43-34(42-32)21(17-29-26-15-14-20(30(38)40-5)16-28(26)36-37-29)18-35-31(39)41-19-27-24-12-8-6-10-22(24)23-11-7-9-13-25(23)27/h6-17,27H,18-19H2,1-5H3,(H,35,39)(H,36,37). The zero-order chi connectivity index (χ0) is 30.4. The predicted octanol–water partition coefficient (Wildman–Crippen LogP) is 5.90. The number of nitrogens with zero attached hydrogens (tertiary/aromatic N) is 1. The molecule has 6 rings (SSSR count). The van der Waals surface area contributed by atoms with Gasteiger partial charge in [0.25, 0.3) is 0 Å². The van der Waals surface area contributed by atoms with E-state index < -0.39 is 30.4 Å². The van der Waals surface area contributed by atoms with Crippen LogP contribution >= 0.6 is 0 Å². The van der Waals surface area contributed by atoms with Gasteiger partial charge in [0.15, 0.2) is 0 Å². The topological polar surface area (TPSA) is 112 Å². The molecule has 0 unspecified atom stereocenters. The molecule has 2 heterocycles. The second-order valence-electron chi connectivity index (χ2n) is 11.8. The lowest BCUT2D eigenvalue weighted by Gasteiger charge is -2.32. The number of amides is 1. The molecule has 1 saturated heterocycles. The molecule has 4 aromatic rings. The first kappa shape index (κ1) is 28.7. The smallest absolute Gasteiger partial charge is 0.465 e. The van der Waals surface area contributed by atoms with Gasteiger partial charge in [0, 0.05) is 17.8 Å². The number of alkyl carbamates (subject to hydrolysis) is 1. The molecule has 1 fully saturated rings. The maximum atomic E-state index is 13.0. The molecule has 1 amide bonds. The summed E-state index contributed by atoms with van der Waals surface area (Å²) >= 11 is 0. The average Bonchev–Trinajstić information content (AvgIpc) is 3.61. The Balaban J connectivity index is 1.21. The summed E-state index contributed by atoms with van der Waals surface area (Å²) in [4.78, 5) is 25.0. The number of hydrogen-bond donors (Lipinski definition) is 2. The Morgan fingerprint density at radius 1 is 0.977 bits per heavy atom. The molecule has 220 valence electrons. The Hall–Kier alpha value is -4.41. The van der Waals surface area contributed by atoms with Gasteiger partial charge in [-0.2, -0.15) is 5.10 Å². The summed E-state index contributed by atoms with van der Waals surface area (Å²) in [6, 6.07) is 21.6. The minimum absolute atomic E-state index is 0.0394. The fourth-order valence-corrected chi connectivity index (χ4v) is 5.59. The van der Waals surface area contributed by atoms with Gasteiger partial charge in [0.2, 0.25) is 0 Å². The number of carbonyl (C=O) groups excluding carboxylic acids is 2. The van der Waals surface area contributed by atoms with Crippen LogP contribution in [0, 0.1) is 0 Å². The number of ether oxygens (including phenoxy) is 2. The van der Waals surface area contributed by atoms with Crippen molar-refractivity contribution in [3.63, 3.8) is 0 Å². The number of fused-ring (bicyclic) bond motifs is 4. The van der Waals surface area contributed by atoms with E-state index in [9.17, 15) is 9.59 Å². The zero-order valence-corrected chi connectivity index (χ0v) is 24.9. The molecule has 0 spiro atoms. The molecule has 1 aliphatic heterocycles. The van der Waals surface area contributed by atoms with Gasteiger partial charge >= 0.3 is 19.2 Å². The minimum Gasteiger partial charge on any atom is -0.465 e. The van der Waals surface area contributed by atoms with Crippen molar-refractivity contribution >= 4 is 36.2 Å². The van der Waals surface area contributed by atoms with E-state index >= 15 is 0 Å². The Bertz CT molecular complexity index is 1680. The molecule has 2 aliphatic rings. The average molecular weight is 579 g/mol. The Morgan fingerprint density at radius 2 is 1.60 bits per heavy atom. The molecule has 1 aliphatic carbocycles. The minimum atomic E-state index is -0.716. The van der Waals surface area contributed by atoms with E-state index in [1.54, 1.807) is 18.2 Å². The number of rotatable bonds is 7. The molecule has 10 heteroatoms. The molecule has 0 radical (unpaired) electrons. The van der Waals surface area contributed by atoms with Gasteiger partial charge in [-0.15, -0.1) is 0 Å². The van der Waals surface area contributed by atoms with Gasteiger partial charge in [-0.25, -0.2) is 9.59 Å². The first-order chi connectivity index (χ1) is 20.6. The second-order valence-corrected chi connectivity index (χ2v) is 11.8. The third-order valence-electron chi connectivity index (χ3n) is 8.67. The Kier molecular flexibility index (Phi) is 7.36. The normalized spacial score (nSPS) is 17.0. The molecule has 2 N–H and O–H groups in total. The summed E-state index contributed by atoms with van der Waals surface area (Å²) in [5.74, 6) is -0.477. The van der Waals surface area contributed by atoms with Crippen molar-refractivity contribution < 1.29 is 28.4 Å². The van der Waals surface area contributed by atoms with Crippen LogP contribution < -0.4 is 5.32 Å². The fraction of sp³-hybridized carbons (Fsp3) is 0.303. The lowest BCUT2D eigenvalue weighted by molar-refractivity contribution is 0.00578. The van der Waals surface area contributed by atoms with Gasteiger partial charge in [-0.1, -0.05) is 48.5 Å². The van der Waals surface area contributed by atoms with Crippen LogP contribution in [0.25, 0.3) is 28.1 Å². The van der Waals surface area contributed by atoms with Crippen molar-refractivity contribution in [2.24, 2.45) is 0 Å². The van der Waals surface area contributed by atoms with Crippen LogP contribution in [0.1, 0.15) is 60.8 Å². The molecule has 43 heavy (non-hydrogen) atoms. The highest BCUT2D eigenvalue weighted by Crippen LogP contribution is 2.44. The molecule has 9 nitrogen and oxygen atoms in total. The first-order valence-corrected chi connectivity index (χ1v) is 14.3. The molecular weight excluding hydrogens is 545 g/mol. The maximum Gasteiger partial charge on any atom is 0.492 e. The molecule has 0 atom stereocenters. The summed E-state index contributed by atoms with van der Waals surface area (Å²) in [5, 5.41) is 11.1. The molecule has 0 bridgehead atoms. The number of carbonyl (C=O) groups is 2. The van der Waals surface area contributed by atoms with Crippen LogP contribution in [0.4, 0.5) is 4.79 Å². The number of nitrogens with one attached hydrogen (secondary N) is 2. The fourth-order valence-electron chi connectivity index (χ4n) is 5.59. The third kappa shape index (κ3) is 5.32. The molecule has 0 saturated carbocycles. The van der Waals surface area contributed by atoms with Gasteiger partial charge in [0.05, 0.1) is 35.1 Å². The highest BCUT2D eigenvalue weighted by atomic mass is 16.7. The van der Waals surface area contributed by atoms with Crippen LogP contribution in [-0.4, -0.2) is 60.8 Å². The van der Waals surface area contributed by atoms with Gasteiger partial charge < -0.3 is 24.1 Å². The van der Waals surface area contributed by atoms with Crippen LogP contribution in [0.2, 0.25) is 0 Å². The summed E-state index contributed by atoms with van der Waals surface area (Å²) in [5.41, 5.74) is 5.85. The quantitative estimate of drug-likeness (QED) is 0.207. The SMILES string of the molecule is COC(=O)c1ccc2c(C=C(CNC(=O)OCC3c4ccccc4-c4ccccc43)B3OC(C)(C)C(C)(C)O3)[nH]nc2c1. The van der Waals surface area contributed by atoms with E-state index in [4.69, 9.17) is 18.8 Å². The lowest BCUT2D eigenvalue weighted by Crippen LogP contribution is -2.41. The number of H-pyrrole nitrogens is 1. The van der Waals surface area contributed by atoms with E-state index in [1.165, 1.54) is 18.2 Å². The van der Waals surface area contributed by atoms with Crippen LogP contribution in [0.5, 0.6) is 0 Å². The highest BCUT2D eigenvalue weighted by Gasteiger charge is 2.52. The monoisotopic (exact) mass is 579 g/mol. The Morgan fingerprint density at radius 3 is 2.23 bits per heavy atom. The van der Waals surface area contributed by atoms with E-state index in [1.807, 2.05) is 58.0 Å². The van der Waals surface area contributed by atoms with Gasteiger partial charge in [0.1, 0.15) is 6.61 Å². The predicted molar refractivity (Wildman–Crippen MR) is 165 cm³/mol. The van der Waals surface area contributed by atoms with Crippen molar-refractivity contribution in [2.75, 3.05) is 20.3 Å². The van der Waals surface area contributed by atoms with E-state index in [0.717, 1.165) is 16.5 Å². The molecule has 1 aromatic heterocycles. The summed E-state index contributed by atoms with van der Waals surface area (Å²) in [6.07, 6.45) is 1.32. The second kappa shape index (κ2) is 11.0. The summed E-state index contributed by atoms with van der Waals surface area (Å²) < 4.78 is 23.2. The lowest BCUT2D eigenvalue weighted by atomic mass is 9.77. The zero-order valence-electron chi connectivity index (χ0n) is 24.9. The van der Waals surface area contributed by atoms with Crippen molar-refractivity contribution in [3.8, 4) is 11.1 Å². The number of aromatic amines is 1. The summed E-state index contributed by atoms with van der Waals surface area (Å²) in [7, 11) is 0.623. The van der Waals surface area contributed by atoms with E-state index in [2.05, 4.69) is 39.8 Å². The van der Waals surface area contributed by atoms with Gasteiger partial charge in [-0.3, -0.25) is 5.10 Å². The third-order valence-corrected chi connectivity index (χ3v) is 8.67. The number of methoxy groups -OCH3 is 1. The summed E-state index contributed by atoms with van der Waals surface area (Å²) in [6.45, 7) is 8.23. The van der Waals surface area contributed by atoms with Crippen molar-refractivity contribution in [1.29, 1.82) is 0 Å². The first-order valence-electron chi connectivity index (χ1n) is 14.3. The van der Waals surface area contributed by atoms with Gasteiger partial charge in [-0.05, 0) is 79.7 Å². The van der Waals surface area contributed by atoms with Crippen LogP contribution in [-0.2, 0) is 18.8 Å². The van der Waals surface area contributed by atoms with Crippen molar-refractivity contribution in [1.82, 2.24) is 15.5 Å². The van der Waals surface area contributed by atoms with E-state index in [-0.39, 0.29) is 19.1 Å². The molecular formula is C33H34BN3O6. The number of benzene rings is 3. The number of aromatic nitrogens is 2.